The van der Waals surface area contributed by atoms with Gasteiger partial charge in [0.1, 0.15) is 18.1 Å². The molecule has 0 saturated carbocycles. The summed E-state index contributed by atoms with van der Waals surface area (Å²) in [6.07, 6.45) is 0.932. The van der Waals surface area contributed by atoms with Gasteiger partial charge >= 0.3 is 0 Å². The first-order valence-electron chi connectivity index (χ1n) is 9.01. The lowest BCUT2D eigenvalue weighted by Crippen LogP contribution is -2.54. The van der Waals surface area contributed by atoms with E-state index in [2.05, 4.69) is 24.1 Å². The number of benzene rings is 1. The summed E-state index contributed by atoms with van der Waals surface area (Å²) >= 11 is 0. The van der Waals surface area contributed by atoms with Crippen molar-refractivity contribution in [3.63, 3.8) is 0 Å². The molecule has 1 aromatic rings. The summed E-state index contributed by atoms with van der Waals surface area (Å²) in [5, 5.41) is 2.91. The number of ether oxygens (including phenoxy) is 2. The molecule has 1 heterocycles. The molecule has 1 fully saturated rings. The van der Waals surface area contributed by atoms with Crippen LogP contribution in [0, 0.1) is 5.41 Å². The number of hydrogen-bond donors (Lipinski definition) is 2. The highest BCUT2D eigenvalue weighted by Crippen LogP contribution is 2.27. The molecule has 1 unspecified atom stereocenters. The van der Waals surface area contributed by atoms with Gasteiger partial charge in [-0.15, -0.1) is 12.4 Å². The number of halogens is 1. The van der Waals surface area contributed by atoms with Crippen LogP contribution in [0.3, 0.4) is 0 Å². The first-order valence-corrected chi connectivity index (χ1v) is 9.01. The van der Waals surface area contributed by atoms with Crippen LogP contribution in [0.1, 0.15) is 27.2 Å². The van der Waals surface area contributed by atoms with Crippen LogP contribution in [-0.4, -0.2) is 56.2 Å². The van der Waals surface area contributed by atoms with Crippen molar-refractivity contribution < 1.29 is 14.3 Å². The SMILES string of the molecule is CCOc1ccc(OCCNC(=O)CN2CCC(N)C(C)(C)C2)cc1.Cl. The molecule has 1 aliphatic rings. The van der Waals surface area contributed by atoms with E-state index in [1.165, 1.54) is 0 Å². The zero-order valence-electron chi connectivity index (χ0n) is 16.0. The molecule has 0 aliphatic carbocycles. The lowest BCUT2D eigenvalue weighted by Gasteiger charge is -2.42. The van der Waals surface area contributed by atoms with Crippen molar-refractivity contribution in [2.45, 2.75) is 33.2 Å². The highest BCUT2D eigenvalue weighted by atomic mass is 35.5. The summed E-state index contributed by atoms with van der Waals surface area (Å²) in [6, 6.07) is 7.69. The van der Waals surface area contributed by atoms with Gasteiger partial charge in [-0.3, -0.25) is 9.69 Å². The number of amides is 1. The van der Waals surface area contributed by atoms with Gasteiger partial charge in [-0.2, -0.15) is 0 Å². The molecule has 1 atom stereocenters. The molecule has 0 spiro atoms. The number of nitrogens with zero attached hydrogens (tertiary/aromatic N) is 1. The molecule has 7 heteroatoms. The third kappa shape index (κ3) is 7.02. The van der Waals surface area contributed by atoms with Gasteiger partial charge in [-0.05, 0) is 43.0 Å². The van der Waals surface area contributed by atoms with Crippen LogP contribution in [-0.2, 0) is 4.79 Å². The fraction of sp³-hybridized carbons (Fsp3) is 0.632. The summed E-state index contributed by atoms with van der Waals surface area (Å²) < 4.78 is 11.0. The van der Waals surface area contributed by atoms with E-state index in [1.807, 2.05) is 31.2 Å². The van der Waals surface area contributed by atoms with Crippen molar-refractivity contribution in [1.29, 1.82) is 0 Å². The molecular weight excluding hydrogens is 354 g/mol. The Labute approximate surface area is 162 Å². The van der Waals surface area contributed by atoms with E-state index >= 15 is 0 Å². The van der Waals surface area contributed by atoms with Crippen molar-refractivity contribution in [2.24, 2.45) is 11.1 Å². The van der Waals surface area contributed by atoms with E-state index in [9.17, 15) is 4.79 Å². The molecule has 1 amide bonds. The topological polar surface area (TPSA) is 76.8 Å². The molecule has 0 bridgehead atoms. The smallest absolute Gasteiger partial charge is 0.234 e. The second-order valence-corrected chi connectivity index (χ2v) is 7.20. The Morgan fingerprint density at radius 2 is 1.88 bits per heavy atom. The number of nitrogens with two attached hydrogens (primary N) is 1. The largest absolute Gasteiger partial charge is 0.494 e. The van der Waals surface area contributed by atoms with Gasteiger partial charge in [0.05, 0.1) is 19.7 Å². The Morgan fingerprint density at radius 1 is 1.27 bits per heavy atom. The molecule has 26 heavy (non-hydrogen) atoms. The maximum atomic E-state index is 12.1. The van der Waals surface area contributed by atoms with E-state index in [0.717, 1.165) is 31.0 Å². The molecule has 1 aromatic carbocycles. The standard InChI is InChI=1S/C19H31N3O3.ClH/c1-4-24-15-5-7-16(8-6-15)25-12-10-21-18(23)13-22-11-9-17(20)19(2,3)14-22;/h5-8,17H,4,9-14,20H2,1-3H3,(H,21,23);1H. The van der Waals surface area contributed by atoms with E-state index in [0.29, 0.717) is 26.3 Å². The first kappa shape index (κ1) is 22.5. The van der Waals surface area contributed by atoms with Gasteiger partial charge in [0, 0.05) is 19.1 Å². The average molecular weight is 386 g/mol. The van der Waals surface area contributed by atoms with Crippen LogP contribution in [0.25, 0.3) is 0 Å². The normalized spacial score (nSPS) is 19.3. The first-order chi connectivity index (χ1) is 11.9. The minimum atomic E-state index is 0. The highest BCUT2D eigenvalue weighted by Gasteiger charge is 2.33. The quantitative estimate of drug-likeness (QED) is 0.670. The molecule has 1 saturated heterocycles. The third-order valence-corrected chi connectivity index (χ3v) is 4.59. The van der Waals surface area contributed by atoms with Crippen LogP contribution in [0.5, 0.6) is 11.5 Å². The Bertz CT molecular complexity index is 551. The van der Waals surface area contributed by atoms with Crippen molar-refractivity contribution in [2.75, 3.05) is 39.4 Å². The lowest BCUT2D eigenvalue weighted by atomic mass is 9.80. The summed E-state index contributed by atoms with van der Waals surface area (Å²) in [7, 11) is 0. The lowest BCUT2D eigenvalue weighted by molar-refractivity contribution is -0.123. The van der Waals surface area contributed by atoms with Crippen LogP contribution >= 0.6 is 12.4 Å². The average Bonchev–Trinajstić information content (AvgIpc) is 2.56. The Kier molecular flexibility index (Phi) is 9.19. The number of nitrogens with one attached hydrogen (secondary N) is 1. The van der Waals surface area contributed by atoms with Gasteiger partial charge in [-0.25, -0.2) is 0 Å². The zero-order valence-corrected chi connectivity index (χ0v) is 16.8. The second kappa shape index (κ2) is 10.6. The van der Waals surface area contributed by atoms with Gasteiger partial charge in [0.15, 0.2) is 0 Å². The predicted molar refractivity (Wildman–Crippen MR) is 106 cm³/mol. The minimum Gasteiger partial charge on any atom is -0.494 e. The number of likely N-dealkylation sites (tertiary alicyclic amines) is 1. The van der Waals surface area contributed by atoms with Crippen LogP contribution in [0.15, 0.2) is 24.3 Å². The van der Waals surface area contributed by atoms with E-state index in [-0.39, 0.29) is 29.8 Å². The molecule has 148 valence electrons. The number of piperidine rings is 1. The van der Waals surface area contributed by atoms with E-state index in [1.54, 1.807) is 0 Å². The van der Waals surface area contributed by atoms with E-state index < -0.39 is 0 Å². The summed E-state index contributed by atoms with van der Waals surface area (Å²) in [5.41, 5.74) is 6.18. The van der Waals surface area contributed by atoms with Crippen LogP contribution < -0.4 is 20.5 Å². The highest BCUT2D eigenvalue weighted by molar-refractivity contribution is 5.85. The number of hydrogen-bond acceptors (Lipinski definition) is 5. The summed E-state index contributed by atoms with van der Waals surface area (Å²) in [6.45, 7) is 9.99. The van der Waals surface area contributed by atoms with Gasteiger partial charge in [0.2, 0.25) is 5.91 Å². The number of carbonyl (C=O) groups excluding carboxylic acids is 1. The van der Waals surface area contributed by atoms with Gasteiger partial charge < -0.3 is 20.5 Å². The van der Waals surface area contributed by atoms with Gasteiger partial charge in [0.25, 0.3) is 0 Å². The van der Waals surface area contributed by atoms with Crippen molar-refractivity contribution >= 4 is 18.3 Å². The third-order valence-electron chi connectivity index (χ3n) is 4.59. The summed E-state index contributed by atoms with van der Waals surface area (Å²) in [4.78, 5) is 14.2. The molecule has 3 N–H and O–H groups in total. The fourth-order valence-electron chi connectivity index (χ4n) is 3.04. The zero-order chi connectivity index (χ0) is 18.3. The predicted octanol–water partition coefficient (Wildman–Crippen LogP) is 2.06. The molecule has 0 radical (unpaired) electrons. The van der Waals surface area contributed by atoms with E-state index in [4.69, 9.17) is 15.2 Å². The molecule has 2 rings (SSSR count). The fourth-order valence-corrected chi connectivity index (χ4v) is 3.04. The van der Waals surface area contributed by atoms with Crippen LogP contribution in [0.2, 0.25) is 0 Å². The molecule has 1 aliphatic heterocycles. The van der Waals surface area contributed by atoms with Gasteiger partial charge in [-0.1, -0.05) is 13.8 Å². The molecule has 6 nitrogen and oxygen atoms in total. The van der Waals surface area contributed by atoms with Crippen molar-refractivity contribution in [3.05, 3.63) is 24.3 Å². The number of carbonyl (C=O) groups is 1. The maximum absolute atomic E-state index is 12.1. The Morgan fingerprint density at radius 3 is 2.46 bits per heavy atom. The maximum Gasteiger partial charge on any atom is 0.234 e. The molecule has 0 aromatic heterocycles. The second-order valence-electron chi connectivity index (χ2n) is 7.20. The molecular formula is C19H32ClN3O3. The Balaban J connectivity index is 0.00000338. The van der Waals surface area contributed by atoms with Crippen LogP contribution in [0.4, 0.5) is 0 Å². The Hall–Kier alpha value is -1.50. The monoisotopic (exact) mass is 385 g/mol. The number of rotatable bonds is 8. The van der Waals surface area contributed by atoms with Crippen molar-refractivity contribution in [3.8, 4) is 11.5 Å². The minimum absolute atomic E-state index is 0. The summed E-state index contributed by atoms with van der Waals surface area (Å²) in [5.74, 6) is 1.62. The van der Waals surface area contributed by atoms with Crippen molar-refractivity contribution in [1.82, 2.24) is 10.2 Å².